The van der Waals surface area contributed by atoms with Gasteiger partial charge in [-0.1, -0.05) is 36.4 Å². The van der Waals surface area contributed by atoms with Crippen molar-refractivity contribution in [1.82, 2.24) is 14.7 Å². The normalized spacial score (nSPS) is 15.8. The van der Waals surface area contributed by atoms with E-state index in [2.05, 4.69) is 0 Å². The molecule has 13 heteroatoms. The Morgan fingerprint density at radius 2 is 1.51 bits per heavy atom. The van der Waals surface area contributed by atoms with E-state index >= 15 is 0 Å². The molecule has 1 saturated heterocycles. The van der Waals surface area contributed by atoms with Crippen LogP contribution in [0, 0.1) is 12.7 Å². The molecule has 1 unspecified atom stereocenters. The number of nitrogens with zero attached hydrogens (tertiary/aromatic N) is 3. The first-order valence-electron chi connectivity index (χ1n) is 13.1. The summed E-state index contributed by atoms with van der Waals surface area (Å²) in [5.41, 5.74) is -1.57. The summed E-state index contributed by atoms with van der Waals surface area (Å²) >= 11 is 0. The van der Waals surface area contributed by atoms with Crippen LogP contribution in [0.15, 0.2) is 66.7 Å². The number of ether oxygens (including phenoxy) is 1. The highest BCUT2D eigenvalue weighted by Crippen LogP contribution is 2.37. The number of aryl methyl sites for hydroxylation is 1. The number of benzene rings is 3. The molecule has 3 aromatic carbocycles. The number of carbonyl (C=O) groups excluding carboxylic acids is 2. The number of piperazine rings is 1. The molecule has 0 spiro atoms. The Bertz CT molecular complexity index is 1430. The second-order valence-corrected chi connectivity index (χ2v) is 10.2. The summed E-state index contributed by atoms with van der Waals surface area (Å²) in [7, 11) is 1.25. The van der Waals surface area contributed by atoms with Crippen LogP contribution in [-0.2, 0) is 30.2 Å². The zero-order chi connectivity index (χ0) is 31.5. The van der Waals surface area contributed by atoms with Gasteiger partial charge in [0.1, 0.15) is 12.4 Å². The van der Waals surface area contributed by atoms with Crippen LogP contribution in [0.1, 0.15) is 39.4 Å². The van der Waals surface area contributed by atoms with Crippen LogP contribution in [0.3, 0.4) is 0 Å². The predicted molar refractivity (Wildman–Crippen MR) is 142 cm³/mol. The molecule has 1 aliphatic rings. The maximum Gasteiger partial charge on any atom is 0.416 e. The number of carbonyl (C=O) groups is 2. The zero-order valence-electron chi connectivity index (χ0n) is 23.2. The topological polar surface area (TPSA) is 53.1 Å². The number of hydrogen-bond donors (Lipinski definition) is 0. The minimum absolute atomic E-state index is 0.0126. The number of halogens is 7. The van der Waals surface area contributed by atoms with Gasteiger partial charge >= 0.3 is 24.5 Å². The van der Waals surface area contributed by atoms with Crippen molar-refractivity contribution in [2.75, 3.05) is 26.7 Å². The fourth-order valence-corrected chi connectivity index (χ4v) is 4.94. The van der Waals surface area contributed by atoms with Crippen LogP contribution in [0.4, 0.5) is 40.3 Å². The van der Waals surface area contributed by atoms with E-state index in [1.807, 2.05) is 6.07 Å². The average Bonchev–Trinajstić information content (AvgIpc) is 2.94. The van der Waals surface area contributed by atoms with Crippen LogP contribution in [0.2, 0.25) is 0 Å². The Labute approximate surface area is 243 Å². The second-order valence-electron chi connectivity index (χ2n) is 10.2. The van der Waals surface area contributed by atoms with Crippen LogP contribution in [0.25, 0.3) is 0 Å². The van der Waals surface area contributed by atoms with Crippen LogP contribution in [-0.4, -0.2) is 53.5 Å². The first-order chi connectivity index (χ1) is 20.1. The zero-order valence-corrected chi connectivity index (χ0v) is 23.2. The molecular weight excluding hydrogens is 583 g/mol. The molecule has 1 aliphatic heterocycles. The fraction of sp³-hybridized carbons (Fsp3) is 0.333. The van der Waals surface area contributed by atoms with Gasteiger partial charge in [0.2, 0.25) is 0 Å². The quantitative estimate of drug-likeness (QED) is 0.282. The molecule has 0 bridgehead atoms. The predicted octanol–water partition coefficient (Wildman–Crippen LogP) is 7.42. The van der Waals surface area contributed by atoms with Crippen molar-refractivity contribution >= 4 is 12.1 Å². The SMILES string of the molecule is Cc1cc(F)ccc1C1CN(C(=O)OCc2ccccc2)CCN1C(=O)N(C)Cc1cc(C(F)(F)F)cc(C(F)(F)F)c1. The largest absolute Gasteiger partial charge is 0.445 e. The molecule has 1 heterocycles. The highest BCUT2D eigenvalue weighted by molar-refractivity contribution is 5.76. The third-order valence-electron chi connectivity index (χ3n) is 7.07. The lowest BCUT2D eigenvalue weighted by molar-refractivity contribution is -0.143. The van der Waals surface area contributed by atoms with Gasteiger partial charge in [-0.15, -0.1) is 0 Å². The summed E-state index contributed by atoms with van der Waals surface area (Å²) in [4.78, 5) is 30.3. The van der Waals surface area contributed by atoms with Gasteiger partial charge in [0.15, 0.2) is 0 Å². The number of rotatable bonds is 5. The molecule has 0 saturated carbocycles. The van der Waals surface area contributed by atoms with Gasteiger partial charge in [-0.05, 0) is 59.5 Å². The van der Waals surface area contributed by atoms with Crippen molar-refractivity contribution in [2.24, 2.45) is 0 Å². The molecule has 0 radical (unpaired) electrons. The lowest BCUT2D eigenvalue weighted by Gasteiger charge is -2.43. The molecule has 4 rings (SSSR count). The Kier molecular flexibility index (Phi) is 9.21. The molecule has 0 aromatic heterocycles. The van der Waals surface area contributed by atoms with Gasteiger partial charge in [-0.25, -0.2) is 14.0 Å². The van der Waals surface area contributed by atoms with E-state index < -0.39 is 54.0 Å². The van der Waals surface area contributed by atoms with Gasteiger partial charge in [0.25, 0.3) is 0 Å². The van der Waals surface area contributed by atoms with Crippen LogP contribution >= 0.6 is 0 Å². The van der Waals surface area contributed by atoms with Crippen molar-refractivity contribution in [2.45, 2.75) is 38.5 Å². The van der Waals surface area contributed by atoms with E-state index in [4.69, 9.17) is 4.74 Å². The number of hydrogen-bond acceptors (Lipinski definition) is 3. The number of amides is 3. The van der Waals surface area contributed by atoms with E-state index in [-0.39, 0.29) is 37.9 Å². The summed E-state index contributed by atoms with van der Waals surface area (Å²) in [5, 5.41) is 0. The molecule has 43 heavy (non-hydrogen) atoms. The van der Waals surface area contributed by atoms with E-state index in [0.717, 1.165) is 10.5 Å². The molecule has 1 atom stereocenters. The minimum Gasteiger partial charge on any atom is -0.445 e. The Hall–Kier alpha value is -4.29. The third kappa shape index (κ3) is 7.76. The maximum atomic E-state index is 13.9. The Morgan fingerprint density at radius 1 is 0.884 bits per heavy atom. The Balaban J connectivity index is 1.57. The molecule has 3 aromatic rings. The van der Waals surface area contributed by atoms with E-state index in [1.165, 1.54) is 35.0 Å². The molecule has 0 aliphatic carbocycles. The van der Waals surface area contributed by atoms with Crippen molar-refractivity contribution in [3.05, 3.63) is 106 Å². The van der Waals surface area contributed by atoms with Gasteiger partial charge in [0.05, 0.1) is 17.2 Å². The Morgan fingerprint density at radius 3 is 2.09 bits per heavy atom. The molecule has 6 nitrogen and oxygen atoms in total. The summed E-state index contributed by atoms with van der Waals surface area (Å²) in [6.07, 6.45) is -10.7. The van der Waals surface area contributed by atoms with Crippen molar-refractivity contribution in [3.8, 4) is 0 Å². The summed E-state index contributed by atoms with van der Waals surface area (Å²) in [6, 6.07) is 12.6. The second kappa shape index (κ2) is 12.5. The van der Waals surface area contributed by atoms with Gasteiger partial charge < -0.3 is 19.4 Å². The monoisotopic (exact) mass is 611 g/mol. The fourth-order valence-electron chi connectivity index (χ4n) is 4.94. The summed E-state index contributed by atoms with van der Waals surface area (Å²) < 4.78 is 99.5. The van der Waals surface area contributed by atoms with Crippen LogP contribution < -0.4 is 0 Å². The number of alkyl halides is 6. The highest BCUT2D eigenvalue weighted by atomic mass is 19.4. The third-order valence-corrected chi connectivity index (χ3v) is 7.07. The lowest BCUT2D eigenvalue weighted by Crippen LogP contribution is -2.55. The van der Waals surface area contributed by atoms with Crippen molar-refractivity contribution in [3.63, 3.8) is 0 Å². The first kappa shape index (κ1) is 31.6. The van der Waals surface area contributed by atoms with E-state index in [1.54, 1.807) is 31.2 Å². The molecule has 0 N–H and O–H groups in total. The van der Waals surface area contributed by atoms with Gasteiger partial charge in [-0.2, -0.15) is 26.3 Å². The van der Waals surface area contributed by atoms with E-state index in [0.29, 0.717) is 23.3 Å². The molecule has 1 fully saturated rings. The van der Waals surface area contributed by atoms with Gasteiger partial charge in [0, 0.05) is 33.2 Å². The molecular formula is C30H28F7N3O3. The molecule has 230 valence electrons. The maximum absolute atomic E-state index is 13.9. The summed E-state index contributed by atoms with van der Waals surface area (Å²) in [5.74, 6) is -0.517. The van der Waals surface area contributed by atoms with E-state index in [9.17, 15) is 40.3 Å². The minimum atomic E-state index is -5.03. The van der Waals surface area contributed by atoms with Crippen molar-refractivity contribution < 1.29 is 45.1 Å². The molecule has 3 amide bonds. The highest BCUT2D eigenvalue weighted by Gasteiger charge is 2.39. The number of urea groups is 1. The van der Waals surface area contributed by atoms with Crippen molar-refractivity contribution in [1.29, 1.82) is 0 Å². The summed E-state index contributed by atoms with van der Waals surface area (Å²) in [6.45, 7) is 1.06. The standard InChI is InChI=1S/C30H28F7N3O3/c1-19-12-24(31)8-9-25(19)26-17-39(28(42)43-18-20-6-4-3-5-7-20)10-11-40(26)27(41)38(2)16-21-13-22(29(32,33)34)15-23(14-21)30(35,36)37/h3-9,12-15,26H,10-11,16-18H2,1-2H3. The lowest BCUT2D eigenvalue weighted by atomic mass is 9.97. The first-order valence-corrected chi connectivity index (χ1v) is 13.1. The van der Waals surface area contributed by atoms with Crippen LogP contribution in [0.5, 0.6) is 0 Å². The average molecular weight is 612 g/mol. The van der Waals surface area contributed by atoms with Gasteiger partial charge in [-0.3, -0.25) is 0 Å². The smallest absolute Gasteiger partial charge is 0.416 e.